The molecule has 0 unspecified atom stereocenters. The van der Waals surface area contributed by atoms with E-state index in [4.69, 9.17) is 5.73 Å². The summed E-state index contributed by atoms with van der Waals surface area (Å²) in [6.07, 6.45) is 1.78. The molecule has 1 saturated carbocycles. The lowest BCUT2D eigenvalue weighted by Crippen LogP contribution is -2.44. The average molecular weight is 381 g/mol. The zero-order valence-corrected chi connectivity index (χ0v) is 15.3. The highest BCUT2D eigenvalue weighted by molar-refractivity contribution is 7.13. The average Bonchev–Trinajstić information content (AvgIpc) is 3.06. The lowest BCUT2D eigenvalue weighted by molar-refractivity contribution is -0.121. The Morgan fingerprint density at radius 3 is 2.78 bits per heavy atom. The Balaban J connectivity index is 1.30. The fourth-order valence-corrected chi connectivity index (χ4v) is 4.05. The number of aromatic nitrogens is 3. The van der Waals surface area contributed by atoms with Gasteiger partial charge in [-0.15, -0.1) is 11.3 Å². The standard InChI is InChI=1S/C19H19N5O2S/c20-19-23-15(9-17(26)24-19)12-6-13(7-12)21-16(25)8-14-10-27-18(22-14)11-4-2-1-3-5-11/h1-5,9-10,12-13H,6-8H2,(H,21,25)(H3,20,23,24,26). The maximum Gasteiger partial charge on any atom is 0.252 e. The summed E-state index contributed by atoms with van der Waals surface area (Å²) in [7, 11) is 0. The van der Waals surface area contributed by atoms with E-state index in [1.807, 2.05) is 35.7 Å². The zero-order valence-electron chi connectivity index (χ0n) is 14.5. The molecular formula is C19H19N5O2S. The van der Waals surface area contributed by atoms with E-state index in [2.05, 4.69) is 20.3 Å². The second-order valence-electron chi connectivity index (χ2n) is 6.68. The highest BCUT2D eigenvalue weighted by Crippen LogP contribution is 2.35. The molecule has 1 aliphatic rings. The van der Waals surface area contributed by atoms with Gasteiger partial charge in [0.05, 0.1) is 17.8 Å². The molecule has 27 heavy (non-hydrogen) atoms. The summed E-state index contributed by atoms with van der Waals surface area (Å²) in [4.78, 5) is 34.9. The van der Waals surface area contributed by atoms with Gasteiger partial charge in [0.2, 0.25) is 11.9 Å². The molecule has 4 rings (SSSR count). The van der Waals surface area contributed by atoms with E-state index >= 15 is 0 Å². The van der Waals surface area contributed by atoms with Crippen LogP contribution in [-0.2, 0) is 11.2 Å². The quantitative estimate of drug-likeness (QED) is 0.626. The van der Waals surface area contributed by atoms with E-state index in [9.17, 15) is 9.59 Å². The third kappa shape index (κ3) is 4.06. The van der Waals surface area contributed by atoms with Gasteiger partial charge in [-0.25, -0.2) is 9.97 Å². The van der Waals surface area contributed by atoms with Crippen LogP contribution in [0.4, 0.5) is 5.95 Å². The van der Waals surface area contributed by atoms with Crippen LogP contribution in [0.2, 0.25) is 0 Å². The molecule has 7 nitrogen and oxygen atoms in total. The molecule has 8 heteroatoms. The van der Waals surface area contributed by atoms with Crippen LogP contribution in [0.25, 0.3) is 10.6 Å². The van der Waals surface area contributed by atoms with Gasteiger partial charge in [0.15, 0.2) is 0 Å². The number of H-pyrrole nitrogens is 1. The normalized spacial score (nSPS) is 18.7. The van der Waals surface area contributed by atoms with Crippen molar-refractivity contribution in [2.45, 2.75) is 31.2 Å². The van der Waals surface area contributed by atoms with Crippen LogP contribution >= 0.6 is 11.3 Å². The zero-order chi connectivity index (χ0) is 18.8. The van der Waals surface area contributed by atoms with Gasteiger partial charge in [0.1, 0.15) is 5.01 Å². The van der Waals surface area contributed by atoms with Crippen LogP contribution in [-0.4, -0.2) is 26.9 Å². The number of nitrogens with two attached hydrogens (primary N) is 1. The maximum atomic E-state index is 12.3. The van der Waals surface area contributed by atoms with Crippen molar-refractivity contribution in [3.05, 3.63) is 63.5 Å². The summed E-state index contributed by atoms with van der Waals surface area (Å²) < 4.78 is 0. The highest BCUT2D eigenvalue weighted by atomic mass is 32.1. The molecule has 0 bridgehead atoms. The molecule has 1 amide bonds. The van der Waals surface area contributed by atoms with Gasteiger partial charge >= 0.3 is 0 Å². The smallest absolute Gasteiger partial charge is 0.252 e. The number of nitrogens with zero attached hydrogens (tertiary/aromatic N) is 2. The third-order valence-electron chi connectivity index (χ3n) is 4.62. The van der Waals surface area contributed by atoms with Gasteiger partial charge in [0, 0.05) is 29.0 Å². The molecule has 2 aromatic heterocycles. The van der Waals surface area contributed by atoms with Crippen molar-refractivity contribution < 1.29 is 4.79 Å². The van der Waals surface area contributed by atoms with E-state index < -0.39 is 0 Å². The van der Waals surface area contributed by atoms with E-state index in [1.165, 1.54) is 17.4 Å². The van der Waals surface area contributed by atoms with Crippen molar-refractivity contribution in [2.75, 3.05) is 5.73 Å². The predicted octanol–water partition coefficient (Wildman–Crippen LogP) is 2.08. The number of carbonyl (C=O) groups excluding carboxylic acids is 1. The lowest BCUT2D eigenvalue weighted by atomic mass is 9.78. The van der Waals surface area contributed by atoms with Crippen molar-refractivity contribution in [2.24, 2.45) is 0 Å². The number of nitrogen functional groups attached to an aromatic ring is 1. The maximum absolute atomic E-state index is 12.3. The van der Waals surface area contributed by atoms with Gasteiger partial charge in [-0.1, -0.05) is 30.3 Å². The first kappa shape index (κ1) is 17.4. The molecule has 0 radical (unpaired) electrons. The summed E-state index contributed by atoms with van der Waals surface area (Å²) in [5, 5.41) is 5.87. The summed E-state index contributed by atoms with van der Waals surface area (Å²) in [6, 6.07) is 11.5. The summed E-state index contributed by atoms with van der Waals surface area (Å²) in [5.74, 6) is 0.244. The van der Waals surface area contributed by atoms with Gasteiger partial charge in [-0.05, 0) is 12.8 Å². The van der Waals surface area contributed by atoms with Crippen LogP contribution in [0.5, 0.6) is 0 Å². The number of benzene rings is 1. The Morgan fingerprint density at radius 2 is 2.04 bits per heavy atom. The van der Waals surface area contributed by atoms with Crippen molar-refractivity contribution in [1.29, 1.82) is 0 Å². The SMILES string of the molecule is Nc1nc(C2CC(NC(=O)Cc3csc(-c4ccccc4)n3)C2)cc(=O)[nH]1. The minimum Gasteiger partial charge on any atom is -0.369 e. The molecule has 0 atom stereocenters. The van der Waals surface area contributed by atoms with E-state index in [0.717, 1.165) is 29.1 Å². The first-order valence-electron chi connectivity index (χ1n) is 8.73. The Kier molecular flexibility index (Phi) is 4.72. The van der Waals surface area contributed by atoms with Gasteiger partial charge in [0.25, 0.3) is 5.56 Å². The van der Waals surface area contributed by atoms with Crippen LogP contribution in [0, 0.1) is 0 Å². The number of amides is 1. The molecule has 1 aliphatic carbocycles. The van der Waals surface area contributed by atoms with Crippen molar-refractivity contribution in [1.82, 2.24) is 20.3 Å². The molecule has 0 aliphatic heterocycles. The number of carbonyl (C=O) groups is 1. The van der Waals surface area contributed by atoms with Crippen LogP contribution < -0.4 is 16.6 Å². The summed E-state index contributed by atoms with van der Waals surface area (Å²) in [5.41, 5.74) is 7.85. The molecule has 2 heterocycles. The fraction of sp³-hybridized carbons (Fsp3) is 0.263. The molecule has 138 valence electrons. The second-order valence-corrected chi connectivity index (χ2v) is 7.53. The van der Waals surface area contributed by atoms with Crippen molar-refractivity contribution in [3.8, 4) is 10.6 Å². The Hall–Kier alpha value is -3.00. The van der Waals surface area contributed by atoms with Gasteiger partial charge in [-0.3, -0.25) is 14.6 Å². The summed E-state index contributed by atoms with van der Waals surface area (Å²) >= 11 is 1.54. The first-order chi connectivity index (χ1) is 13.1. The number of hydrogen-bond acceptors (Lipinski definition) is 6. The fourth-order valence-electron chi connectivity index (χ4n) is 3.23. The van der Waals surface area contributed by atoms with Crippen LogP contribution in [0.3, 0.4) is 0 Å². The number of rotatable bonds is 5. The molecule has 1 fully saturated rings. The number of thiazole rings is 1. The minimum absolute atomic E-state index is 0.0401. The monoisotopic (exact) mass is 381 g/mol. The van der Waals surface area contributed by atoms with Crippen LogP contribution in [0.1, 0.15) is 30.1 Å². The lowest BCUT2D eigenvalue weighted by Gasteiger charge is -2.35. The van der Waals surface area contributed by atoms with Gasteiger partial charge < -0.3 is 11.1 Å². The Labute approximate surface area is 159 Å². The largest absolute Gasteiger partial charge is 0.369 e. The van der Waals surface area contributed by atoms with Gasteiger partial charge in [-0.2, -0.15) is 0 Å². The topological polar surface area (TPSA) is 114 Å². The van der Waals surface area contributed by atoms with E-state index in [0.29, 0.717) is 5.69 Å². The Morgan fingerprint density at radius 1 is 1.26 bits per heavy atom. The third-order valence-corrected chi connectivity index (χ3v) is 5.56. The molecule has 3 aromatic rings. The molecule has 1 aromatic carbocycles. The van der Waals surface area contributed by atoms with Crippen molar-refractivity contribution in [3.63, 3.8) is 0 Å². The number of nitrogens with one attached hydrogen (secondary N) is 2. The molecule has 0 spiro atoms. The van der Waals surface area contributed by atoms with Crippen molar-refractivity contribution >= 4 is 23.2 Å². The minimum atomic E-state index is -0.247. The predicted molar refractivity (Wildman–Crippen MR) is 104 cm³/mol. The van der Waals surface area contributed by atoms with E-state index in [1.54, 1.807) is 0 Å². The highest BCUT2D eigenvalue weighted by Gasteiger charge is 2.32. The Bertz CT molecular complexity index is 1010. The molecular weight excluding hydrogens is 362 g/mol. The number of hydrogen-bond donors (Lipinski definition) is 3. The van der Waals surface area contributed by atoms with Crippen LogP contribution in [0.15, 0.2) is 46.6 Å². The number of aromatic amines is 1. The second kappa shape index (κ2) is 7.32. The van der Waals surface area contributed by atoms with E-state index in [-0.39, 0.29) is 35.8 Å². The molecule has 0 saturated heterocycles. The first-order valence-corrected chi connectivity index (χ1v) is 9.60. The number of anilines is 1. The molecule has 4 N–H and O–H groups in total. The summed E-state index contributed by atoms with van der Waals surface area (Å²) in [6.45, 7) is 0.